The molecule has 0 spiro atoms. The first-order chi connectivity index (χ1) is 7.49. The fourth-order valence-corrected chi connectivity index (χ4v) is 2.36. The Morgan fingerprint density at radius 1 is 1.19 bits per heavy atom. The summed E-state index contributed by atoms with van der Waals surface area (Å²) in [4.78, 5) is 14.2. The lowest BCUT2D eigenvalue weighted by atomic mass is 10.0. The predicted molar refractivity (Wildman–Crippen MR) is 67.4 cm³/mol. The van der Waals surface area contributed by atoms with Crippen molar-refractivity contribution in [1.82, 2.24) is 10.2 Å². The maximum Gasteiger partial charge on any atom is 0.242 e. The number of nitrogens with one attached hydrogen (secondary N) is 1. The Kier molecular flexibility index (Phi) is 4.78. The van der Waals surface area contributed by atoms with Gasteiger partial charge in [0.1, 0.15) is 0 Å². The van der Waals surface area contributed by atoms with Crippen LogP contribution in [0.2, 0.25) is 0 Å². The molecule has 0 saturated heterocycles. The molecule has 3 heteroatoms. The van der Waals surface area contributed by atoms with Gasteiger partial charge in [0.05, 0.1) is 5.54 Å². The van der Waals surface area contributed by atoms with Crippen molar-refractivity contribution in [2.24, 2.45) is 0 Å². The summed E-state index contributed by atoms with van der Waals surface area (Å²) in [5.41, 5.74) is -0.443. The Hall–Kier alpha value is -0.570. The molecule has 94 valence electrons. The van der Waals surface area contributed by atoms with Crippen LogP contribution in [-0.2, 0) is 4.79 Å². The molecular weight excluding hydrogens is 200 g/mol. The van der Waals surface area contributed by atoms with Crippen LogP contribution in [0.5, 0.6) is 0 Å². The second-order valence-electron chi connectivity index (χ2n) is 5.44. The molecule has 1 N–H and O–H groups in total. The average molecular weight is 226 g/mol. The van der Waals surface area contributed by atoms with Crippen LogP contribution in [0, 0.1) is 0 Å². The van der Waals surface area contributed by atoms with E-state index in [0.717, 1.165) is 0 Å². The summed E-state index contributed by atoms with van der Waals surface area (Å²) >= 11 is 0. The van der Waals surface area contributed by atoms with Gasteiger partial charge in [-0.2, -0.15) is 0 Å². The number of carbonyl (C=O) groups is 1. The van der Waals surface area contributed by atoms with Crippen LogP contribution in [0.3, 0.4) is 0 Å². The van der Waals surface area contributed by atoms with Crippen molar-refractivity contribution in [1.29, 1.82) is 0 Å². The van der Waals surface area contributed by atoms with Crippen molar-refractivity contribution < 1.29 is 4.79 Å². The summed E-state index contributed by atoms with van der Waals surface area (Å²) < 4.78 is 0. The summed E-state index contributed by atoms with van der Waals surface area (Å²) in [5, 5.41) is 3.09. The molecule has 0 aliphatic heterocycles. The Morgan fingerprint density at radius 3 is 2.12 bits per heavy atom. The Balaban J connectivity index is 2.61. The standard InChI is InChI=1S/C13H26N2O/c1-13(2,14-3)12(16)15(4)11-9-7-5-6-8-10-11/h11,14H,5-10H2,1-4H3. The number of likely N-dealkylation sites (N-methyl/N-ethyl adjacent to an activating group) is 2. The maximum absolute atomic E-state index is 12.3. The molecule has 0 radical (unpaired) electrons. The summed E-state index contributed by atoms with van der Waals surface area (Å²) in [7, 11) is 3.80. The monoisotopic (exact) mass is 226 g/mol. The van der Waals surface area contributed by atoms with Crippen LogP contribution in [0.15, 0.2) is 0 Å². The molecule has 1 aliphatic carbocycles. The van der Waals surface area contributed by atoms with E-state index in [1.165, 1.54) is 38.5 Å². The number of nitrogens with zero attached hydrogens (tertiary/aromatic N) is 1. The summed E-state index contributed by atoms with van der Waals surface area (Å²) in [6.07, 6.45) is 7.52. The third kappa shape index (κ3) is 3.21. The van der Waals surface area contributed by atoms with Crippen LogP contribution >= 0.6 is 0 Å². The Labute approximate surface area is 99.6 Å². The van der Waals surface area contributed by atoms with Crippen molar-refractivity contribution in [3.63, 3.8) is 0 Å². The van der Waals surface area contributed by atoms with Gasteiger partial charge < -0.3 is 10.2 Å². The van der Waals surface area contributed by atoms with E-state index >= 15 is 0 Å². The van der Waals surface area contributed by atoms with Gasteiger partial charge in [-0.25, -0.2) is 0 Å². The highest BCUT2D eigenvalue weighted by molar-refractivity contribution is 5.85. The van der Waals surface area contributed by atoms with Crippen molar-refractivity contribution in [2.45, 2.75) is 64.0 Å². The maximum atomic E-state index is 12.3. The van der Waals surface area contributed by atoms with Crippen molar-refractivity contribution >= 4 is 5.91 Å². The van der Waals surface area contributed by atoms with Gasteiger partial charge in [0, 0.05) is 13.1 Å². The van der Waals surface area contributed by atoms with Crippen molar-refractivity contribution in [2.75, 3.05) is 14.1 Å². The normalized spacial score (nSPS) is 19.2. The minimum atomic E-state index is -0.443. The molecule has 3 nitrogen and oxygen atoms in total. The molecule has 1 fully saturated rings. The zero-order chi connectivity index (χ0) is 12.2. The van der Waals surface area contributed by atoms with E-state index in [9.17, 15) is 4.79 Å². The number of hydrogen-bond donors (Lipinski definition) is 1. The smallest absolute Gasteiger partial charge is 0.242 e. The Morgan fingerprint density at radius 2 is 1.69 bits per heavy atom. The fraction of sp³-hybridized carbons (Fsp3) is 0.923. The number of hydrogen-bond acceptors (Lipinski definition) is 2. The summed E-state index contributed by atoms with van der Waals surface area (Å²) in [6, 6.07) is 0.447. The number of amides is 1. The van der Waals surface area contributed by atoms with Crippen LogP contribution in [0.25, 0.3) is 0 Å². The molecule has 1 saturated carbocycles. The molecule has 0 heterocycles. The molecule has 1 amide bonds. The molecule has 16 heavy (non-hydrogen) atoms. The molecule has 1 rings (SSSR count). The SMILES string of the molecule is CNC(C)(C)C(=O)N(C)C1CCCCCC1. The van der Waals surface area contributed by atoms with Crippen LogP contribution < -0.4 is 5.32 Å². The van der Waals surface area contributed by atoms with Gasteiger partial charge in [-0.1, -0.05) is 25.7 Å². The van der Waals surface area contributed by atoms with Gasteiger partial charge in [-0.3, -0.25) is 4.79 Å². The second kappa shape index (κ2) is 5.67. The van der Waals surface area contributed by atoms with Gasteiger partial charge in [-0.05, 0) is 33.7 Å². The van der Waals surface area contributed by atoms with Crippen molar-refractivity contribution in [3.8, 4) is 0 Å². The lowest BCUT2D eigenvalue weighted by Crippen LogP contribution is -2.54. The lowest BCUT2D eigenvalue weighted by molar-refractivity contribution is -0.138. The zero-order valence-electron chi connectivity index (χ0n) is 11.2. The van der Waals surface area contributed by atoms with Gasteiger partial charge in [-0.15, -0.1) is 0 Å². The van der Waals surface area contributed by atoms with Gasteiger partial charge in [0.2, 0.25) is 5.91 Å². The van der Waals surface area contributed by atoms with Gasteiger partial charge in [0.25, 0.3) is 0 Å². The molecular formula is C13H26N2O. The van der Waals surface area contributed by atoms with E-state index in [-0.39, 0.29) is 5.91 Å². The predicted octanol–water partition coefficient (Wildman–Crippen LogP) is 2.17. The molecule has 0 aromatic rings. The molecule has 0 unspecified atom stereocenters. The molecule has 0 aromatic heterocycles. The highest BCUT2D eigenvalue weighted by Gasteiger charge is 2.31. The van der Waals surface area contributed by atoms with E-state index < -0.39 is 5.54 Å². The minimum absolute atomic E-state index is 0.210. The summed E-state index contributed by atoms with van der Waals surface area (Å²) in [5.74, 6) is 0.210. The zero-order valence-corrected chi connectivity index (χ0v) is 11.2. The average Bonchev–Trinajstić information content (AvgIpc) is 2.55. The molecule has 0 atom stereocenters. The highest BCUT2D eigenvalue weighted by atomic mass is 16.2. The fourth-order valence-electron chi connectivity index (χ4n) is 2.36. The molecule has 0 bridgehead atoms. The molecule has 1 aliphatic rings. The third-order valence-corrected chi connectivity index (χ3v) is 3.85. The van der Waals surface area contributed by atoms with E-state index in [1.54, 1.807) is 0 Å². The van der Waals surface area contributed by atoms with Gasteiger partial charge >= 0.3 is 0 Å². The topological polar surface area (TPSA) is 32.3 Å². The first-order valence-electron chi connectivity index (χ1n) is 6.45. The van der Waals surface area contributed by atoms with Crippen molar-refractivity contribution in [3.05, 3.63) is 0 Å². The molecule has 0 aromatic carbocycles. The van der Waals surface area contributed by atoms with Crippen LogP contribution in [0.1, 0.15) is 52.4 Å². The van der Waals surface area contributed by atoms with E-state index in [1.807, 2.05) is 32.8 Å². The van der Waals surface area contributed by atoms with Crippen LogP contribution in [-0.4, -0.2) is 36.5 Å². The first-order valence-corrected chi connectivity index (χ1v) is 6.45. The number of rotatable bonds is 3. The highest BCUT2D eigenvalue weighted by Crippen LogP contribution is 2.22. The van der Waals surface area contributed by atoms with E-state index in [4.69, 9.17) is 0 Å². The minimum Gasteiger partial charge on any atom is -0.341 e. The van der Waals surface area contributed by atoms with E-state index in [2.05, 4.69) is 5.32 Å². The van der Waals surface area contributed by atoms with Gasteiger partial charge in [0.15, 0.2) is 0 Å². The first kappa shape index (κ1) is 13.5. The van der Waals surface area contributed by atoms with Crippen LogP contribution in [0.4, 0.5) is 0 Å². The Bertz CT molecular complexity index is 230. The number of carbonyl (C=O) groups excluding carboxylic acids is 1. The largest absolute Gasteiger partial charge is 0.341 e. The summed E-state index contributed by atoms with van der Waals surface area (Å²) in [6.45, 7) is 3.89. The lowest BCUT2D eigenvalue weighted by Gasteiger charge is -2.34. The third-order valence-electron chi connectivity index (χ3n) is 3.85. The second-order valence-corrected chi connectivity index (χ2v) is 5.44. The quantitative estimate of drug-likeness (QED) is 0.748. The van der Waals surface area contributed by atoms with E-state index in [0.29, 0.717) is 6.04 Å².